The fraction of sp³-hybridized carbons (Fsp3) is 0.333. The molecule has 0 bridgehead atoms. The van der Waals surface area contributed by atoms with Gasteiger partial charge >= 0.3 is 6.18 Å². The van der Waals surface area contributed by atoms with Crippen LogP contribution in [0.15, 0.2) is 36.5 Å². The van der Waals surface area contributed by atoms with Gasteiger partial charge in [0.15, 0.2) is 0 Å². The van der Waals surface area contributed by atoms with E-state index in [4.69, 9.17) is 9.47 Å². The summed E-state index contributed by atoms with van der Waals surface area (Å²) in [5.41, 5.74) is 0.392. The van der Waals surface area contributed by atoms with Gasteiger partial charge in [-0.05, 0) is 29.8 Å². The lowest BCUT2D eigenvalue weighted by molar-refractivity contribution is -0.141. The zero-order valence-electron chi connectivity index (χ0n) is 13.5. The van der Waals surface area contributed by atoms with E-state index < -0.39 is 11.9 Å². The largest absolute Gasteiger partial charge is 0.493 e. The highest BCUT2D eigenvalue weighted by atomic mass is 19.4. The molecule has 1 saturated heterocycles. The first-order valence-corrected chi connectivity index (χ1v) is 7.64. The predicted molar refractivity (Wildman–Crippen MR) is 84.5 cm³/mol. The van der Waals surface area contributed by atoms with E-state index in [0.29, 0.717) is 48.5 Å². The van der Waals surface area contributed by atoms with Crippen LogP contribution < -0.4 is 4.74 Å². The molecule has 7 heteroatoms. The number of pyridine rings is 1. The Bertz CT molecular complexity index is 768. The standard InChI is InChI=1S/C18H16F3NO3/c1-17(9-24-10-17)11-25-15-5-12(8-23)4-14(6-15)13-2-3-16(22-7-13)18(19,20)21/h2-8H,9-11H2,1H3. The first-order valence-electron chi connectivity index (χ1n) is 7.64. The van der Waals surface area contributed by atoms with Crippen LogP contribution in [0.25, 0.3) is 11.1 Å². The Morgan fingerprint density at radius 2 is 2.00 bits per heavy atom. The Labute approximate surface area is 142 Å². The number of halogens is 3. The minimum absolute atomic E-state index is 0.0622. The van der Waals surface area contributed by atoms with Crippen LogP contribution in [0.1, 0.15) is 23.0 Å². The van der Waals surface area contributed by atoms with Gasteiger partial charge in [0.2, 0.25) is 0 Å². The molecule has 0 amide bonds. The molecule has 2 aromatic rings. The van der Waals surface area contributed by atoms with Crippen molar-refractivity contribution in [1.82, 2.24) is 4.98 Å². The molecule has 0 aliphatic carbocycles. The highest BCUT2D eigenvalue weighted by molar-refractivity contribution is 5.80. The van der Waals surface area contributed by atoms with E-state index in [2.05, 4.69) is 4.98 Å². The van der Waals surface area contributed by atoms with E-state index in [1.807, 2.05) is 6.92 Å². The fourth-order valence-corrected chi connectivity index (χ4v) is 2.46. The third-order valence-electron chi connectivity index (χ3n) is 3.94. The monoisotopic (exact) mass is 351 g/mol. The van der Waals surface area contributed by atoms with Gasteiger partial charge in [-0.15, -0.1) is 0 Å². The van der Waals surface area contributed by atoms with Gasteiger partial charge in [0.25, 0.3) is 0 Å². The zero-order valence-corrected chi connectivity index (χ0v) is 13.5. The molecule has 1 aliphatic rings. The van der Waals surface area contributed by atoms with Crippen molar-refractivity contribution in [2.75, 3.05) is 19.8 Å². The molecule has 0 spiro atoms. The number of aldehydes is 1. The van der Waals surface area contributed by atoms with Crippen LogP contribution in [0.2, 0.25) is 0 Å². The molecule has 1 aliphatic heterocycles. The molecular formula is C18H16F3NO3. The molecule has 1 aromatic carbocycles. The maximum Gasteiger partial charge on any atom is 0.433 e. The molecule has 1 fully saturated rings. The molecule has 132 valence electrons. The summed E-state index contributed by atoms with van der Waals surface area (Å²) in [5.74, 6) is 0.479. The smallest absolute Gasteiger partial charge is 0.433 e. The number of carbonyl (C=O) groups excluding carboxylic acids is 1. The van der Waals surface area contributed by atoms with Crippen molar-refractivity contribution in [2.24, 2.45) is 5.41 Å². The van der Waals surface area contributed by atoms with Crippen molar-refractivity contribution in [2.45, 2.75) is 13.1 Å². The summed E-state index contributed by atoms with van der Waals surface area (Å²) in [6.07, 6.45) is -2.68. The van der Waals surface area contributed by atoms with E-state index >= 15 is 0 Å². The van der Waals surface area contributed by atoms with E-state index in [0.717, 1.165) is 12.3 Å². The third-order valence-corrected chi connectivity index (χ3v) is 3.94. The number of ether oxygens (including phenoxy) is 2. The van der Waals surface area contributed by atoms with Gasteiger partial charge in [-0.3, -0.25) is 9.78 Å². The molecular weight excluding hydrogens is 335 g/mol. The van der Waals surface area contributed by atoms with Gasteiger partial charge < -0.3 is 9.47 Å². The number of carbonyl (C=O) groups is 1. The second kappa shape index (κ2) is 6.48. The number of alkyl halides is 3. The van der Waals surface area contributed by atoms with E-state index in [1.165, 1.54) is 6.07 Å². The average Bonchev–Trinajstić information content (AvgIpc) is 2.57. The molecule has 0 N–H and O–H groups in total. The number of hydrogen-bond donors (Lipinski definition) is 0. The van der Waals surface area contributed by atoms with Gasteiger partial charge in [0.05, 0.1) is 19.8 Å². The van der Waals surface area contributed by atoms with Crippen molar-refractivity contribution in [3.05, 3.63) is 47.8 Å². The van der Waals surface area contributed by atoms with Gasteiger partial charge in [0.1, 0.15) is 17.7 Å². The first-order chi connectivity index (χ1) is 11.8. The normalized spacial score (nSPS) is 16.2. The van der Waals surface area contributed by atoms with E-state index in [-0.39, 0.29) is 5.41 Å². The van der Waals surface area contributed by atoms with E-state index in [1.54, 1.807) is 18.2 Å². The first kappa shape index (κ1) is 17.4. The van der Waals surface area contributed by atoms with Crippen LogP contribution in [-0.2, 0) is 10.9 Å². The Morgan fingerprint density at radius 3 is 2.52 bits per heavy atom. The minimum Gasteiger partial charge on any atom is -0.493 e. The average molecular weight is 351 g/mol. The molecule has 1 aromatic heterocycles. The van der Waals surface area contributed by atoms with Crippen molar-refractivity contribution in [3.8, 4) is 16.9 Å². The summed E-state index contributed by atoms with van der Waals surface area (Å²) < 4.78 is 48.8. The quantitative estimate of drug-likeness (QED) is 0.764. The van der Waals surface area contributed by atoms with Gasteiger partial charge in [-0.25, -0.2) is 0 Å². The Balaban J connectivity index is 1.85. The number of rotatable bonds is 5. The summed E-state index contributed by atoms with van der Waals surface area (Å²) in [6, 6.07) is 7.09. The lowest BCUT2D eigenvalue weighted by atomic mass is 9.90. The van der Waals surface area contributed by atoms with Crippen LogP contribution in [-0.4, -0.2) is 31.1 Å². The van der Waals surface area contributed by atoms with Crippen molar-refractivity contribution in [1.29, 1.82) is 0 Å². The molecule has 0 saturated carbocycles. The maximum atomic E-state index is 12.6. The van der Waals surface area contributed by atoms with Gasteiger partial charge in [-0.1, -0.05) is 13.0 Å². The fourth-order valence-electron chi connectivity index (χ4n) is 2.46. The Morgan fingerprint density at radius 1 is 1.24 bits per heavy atom. The highest BCUT2D eigenvalue weighted by Crippen LogP contribution is 2.32. The van der Waals surface area contributed by atoms with Crippen LogP contribution in [0, 0.1) is 5.41 Å². The molecule has 2 heterocycles. The SMILES string of the molecule is CC1(COc2cc(C=O)cc(-c3ccc(C(F)(F)F)nc3)c2)COC1. The summed E-state index contributed by atoms with van der Waals surface area (Å²) in [6.45, 7) is 3.67. The lowest BCUT2D eigenvalue weighted by Gasteiger charge is -2.37. The minimum atomic E-state index is -4.49. The van der Waals surface area contributed by atoms with E-state index in [9.17, 15) is 18.0 Å². The predicted octanol–water partition coefficient (Wildman–Crippen LogP) is 4.00. The van der Waals surface area contributed by atoms with Crippen molar-refractivity contribution < 1.29 is 27.4 Å². The van der Waals surface area contributed by atoms with Crippen LogP contribution in [0.3, 0.4) is 0 Å². The summed E-state index contributed by atoms with van der Waals surface area (Å²) >= 11 is 0. The van der Waals surface area contributed by atoms with Crippen LogP contribution >= 0.6 is 0 Å². The number of hydrogen-bond acceptors (Lipinski definition) is 4. The summed E-state index contributed by atoms with van der Waals surface area (Å²) in [4.78, 5) is 14.6. The number of benzene rings is 1. The third kappa shape index (κ3) is 3.99. The van der Waals surface area contributed by atoms with Crippen LogP contribution in [0.5, 0.6) is 5.75 Å². The molecule has 0 atom stereocenters. The topological polar surface area (TPSA) is 48.4 Å². The van der Waals surface area contributed by atoms with Crippen molar-refractivity contribution >= 4 is 6.29 Å². The number of aromatic nitrogens is 1. The summed E-state index contributed by atoms with van der Waals surface area (Å²) in [7, 11) is 0. The van der Waals surface area contributed by atoms with Gasteiger partial charge in [0, 0.05) is 22.7 Å². The second-order valence-electron chi connectivity index (χ2n) is 6.43. The zero-order chi connectivity index (χ0) is 18.1. The Hall–Kier alpha value is -2.41. The van der Waals surface area contributed by atoms with Gasteiger partial charge in [-0.2, -0.15) is 13.2 Å². The molecule has 3 rings (SSSR count). The second-order valence-corrected chi connectivity index (χ2v) is 6.43. The van der Waals surface area contributed by atoms with Crippen molar-refractivity contribution in [3.63, 3.8) is 0 Å². The molecule has 25 heavy (non-hydrogen) atoms. The highest BCUT2D eigenvalue weighted by Gasteiger charge is 2.34. The molecule has 4 nitrogen and oxygen atoms in total. The summed E-state index contributed by atoms with van der Waals surface area (Å²) in [5, 5.41) is 0. The lowest BCUT2D eigenvalue weighted by Crippen LogP contribution is -2.44. The number of nitrogens with zero attached hydrogens (tertiary/aromatic N) is 1. The Kier molecular flexibility index (Phi) is 4.51. The maximum absolute atomic E-state index is 12.6. The van der Waals surface area contributed by atoms with Crippen LogP contribution in [0.4, 0.5) is 13.2 Å². The molecule has 0 unspecified atom stereocenters. The molecule has 0 radical (unpaired) electrons.